The van der Waals surface area contributed by atoms with Gasteiger partial charge in [-0.1, -0.05) is 20.8 Å². The molecule has 0 amide bonds. The number of aliphatic hydroxyl groups excluding tert-OH is 1. The largest absolute Gasteiger partial charge is 0.493 e. The van der Waals surface area contributed by atoms with Crippen LogP contribution in [0.2, 0.25) is 0 Å². The van der Waals surface area contributed by atoms with Crippen LogP contribution in [0.4, 0.5) is 4.39 Å². The Labute approximate surface area is 168 Å². The highest BCUT2D eigenvalue weighted by molar-refractivity contribution is 5.49. The average molecular weight is 392 g/mol. The number of fused-ring (bicyclic) bond motifs is 3. The van der Waals surface area contributed by atoms with E-state index in [0.29, 0.717) is 30.3 Å². The third-order valence-electron chi connectivity index (χ3n) is 6.52. The van der Waals surface area contributed by atoms with Crippen molar-refractivity contribution in [2.45, 2.75) is 70.7 Å². The van der Waals surface area contributed by atoms with Crippen molar-refractivity contribution in [2.24, 2.45) is 11.3 Å². The van der Waals surface area contributed by atoms with Crippen LogP contribution in [-0.2, 0) is 6.42 Å². The van der Waals surface area contributed by atoms with Crippen molar-refractivity contribution >= 4 is 0 Å². The molecule has 1 aromatic rings. The van der Waals surface area contributed by atoms with Gasteiger partial charge in [0.05, 0.1) is 13.2 Å². The van der Waals surface area contributed by atoms with Crippen LogP contribution >= 0.6 is 0 Å². The number of rotatable bonds is 5. The molecule has 1 aliphatic carbocycles. The predicted molar refractivity (Wildman–Crippen MR) is 108 cm³/mol. The first-order valence-electron chi connectivity index (χ1n) is 10.6. The zero-order chi connectivity index (χ0) is 20.1. The molecule has 1 saturated heterocycles. The first-order valence-corrected chi connectivity index (χ1v) is 10.6. The molecule has 2 fully saturated rings. The Morgan fingerprint density at radius 1 is 1.25 bits per heavy atom. The maximum atomic E-state index is 14.0. The third-order valence-corrected chi connectivity index (χ3v) is 6.52. The monoisotopic (exact) mass is 391 g/mol. The number of hydrogen-bond acceptors (Lipinski definition) is 4. The topological polar surface area (TPSA) is 41.9 Å². The fraction of sp³-hybridized carbons (Fsp3) is 0.739. The molecular formula is C23H34FNO3. The lowest BCUT2D eigenvalue weighted by molar-refractivity contribution is -0.0259. The quantitative estimate of drug-likeness (QED) is 0.813. The first kappa shape index (κ1) is 20.0. The average Bonchev–Trinajstić information content (AvgIpc) is 3.36. The van der Waals surface area contributed by atoms with Crippen molar-refractivity contribution in [1.29, 1.82) is 0 Å². The van der Waals surface area contributed by atoms with Crippen molar-refractivity contribution < 1.29 is 19.0 Å². The Hall–Kier alpha value is -1.33. The van der Waals surface area contributed by atoms with Gasteiger partial charge in [-0.25, -0.2) is 4.39 Å². The molecule has 28 heavy (non-hydrogen) atoms. The summed E-state index contributed by atoms with van der Waals surface area (Å²) in [7, 11) is 1.63. The molecule has 1 saturated carbocycles. The van der Waals surface area contributed by atoms with Gasteiger partial charge in [0.1, 0.15) is 12.3 Å². The van der Waals surface area contributed by atoms with Crippen LogP contribution in [0.25, 0.3) is 0 Å². The number of nitrogens with zero attached hydrogens (tertiary/aromatic N) is 1. The molecule has 156 valence electrons. The number of alkyl halides is 1. The fourth-order valence-electron chi connectivity index (χ4n) is 4.85. The number of ether oxygens (including phenoxy) is 2. The molecule has 3 atom stereocenters. The molecule has 3 unspecified atom stereocenters. The van der Waals surface area contributed by atoms with Gasteiger partial charge in [-0.05, 0) is 66.7 Å². The molecule has 0 radical (unpaired) electrons. The van der Waals surface area contributed by atoms with E-state index in [1.165, 1.54) is 11.1 Å². The summed E-state index contributed by atoms with van der Waals surface area (Å²) in [5.41, 5.74) is 1.54. The molecule has 4 rings (SSSR count). The molecule has 1 N–H and O–H groups in total. The lowest BCUT2D eigenvalue weighted by Gasteiger charge is -2.47. The minimum Gasteiger partial charge on any atom is -0.493 e. The van der Waals surface area contributed by atoms with Crippen LogP contribution in [0.5, 0.6) is 11.5 Å². The second-order valence-electron chi connectivity index (χ2n) is 10.2. The van der Waals surface area contributed by atoms with E-state index in [0.717, 1.165) is 32.4 Å². The molecule has 2 heterocycles. The summed E-state index contributed by atoms with van der Waals surface area (Å²) in [5.74, 6) is 1.62. The molecule has 2 aliphatic heterocycles. The molecule has 5 heteroatoms. The summed E-state index contributed by atoms with van der Waals surface area (Å²) in [6, 6.07) is 4.30. The maximum absolute atomic E-state index is 14.0. The highest BCUT2D eigenvalue weighted by atomic mass is 19.1. The van der Waals surface area contributed by atoms with Crippen LogP contribution < -0.4 is 9.47 Å². The van der Waals surface area contributed by atoms with E-state index in [9.17, 15) is 9.50 Å². The Morgan fingerprint density at radius 3 is 2.64 bits per heavy atom. The summed E-state index contributed by atoms with van der Waals surface area (Å²) >= 11 is 0. The number of halogens is 1. The normalized spacial score (nSPS) is 29.0. The van der Waals surface area contributed by atoms with Crippen molar-refractivity contribution in [3.05, 3.63) is 23.3 Å². The van der Waals surface area contributed by atoms with Crippen LogP contribution in [0.1, 0.15) is 63.6 Å². The summed E-state index contributed by atoms with van der Waals surface area (Å²) in [4.78, 5) is 2.52. The Balaban J connectivity index is 1.54. The minimum atomic E-state index is -1.15. The van der Waals surface area contributed by atoms with E-state index < -0.39 is 5.67 Å². The maximum Gasteiger partial charge on any atom is 0.161 e. The van der Waals surface area contributed by atoms with Gasteiger partial charge in [-0.15, -0.1) is 0 Å². The number of aliphatic hydroxyl groups is 1. The number of methoxy groups -OCH3 is 1. The molecule has 3 aliphatic rings. The van der Waals surface area contributed by atoms with Crippen molar-refractivity contribution in [3.63, 3.8) is 0 Å². The predicted octanol–water partition coefficient (Wildman–Crippen LogP) is 4.29. The van der Waals surface area contributed by atoms with Crippen LogP contribution in [0.15, 0.2) is 12.1 Å². The third kappa shape index (κ3) is 4.16. The van der Waals surface area contributed by atoms with Gasteiger partial charge in [-0.2, -0.15) is 0 Å². The first-order chi connectivity index (χ1) is 13.2. The van der Waals surface area contributed by atoms with Crippen molar-refractivity contribution in [1.82, 2.24) is 4.90 Å². The van der Waals surface area contributed by atoms with Crippen molar-refractivity contribution in [3.8, 4) is 11.5 Å². The van der Waals surface area contributed by atoms with Gasteiger partial charge < -0.3 is 14.6 Å². The van der Waals surface area contributed by atoms with E-state index in [4.69, 9.17) is 9.47 Å². The Morgan fingerprint density at radius 2 is 2.00 bits per heavy atom. The second-order valence-corrected chi connectivity index (χ2v) is 10.2. The highest BCUT2D eigenvalue weighted by Crippen LogP contribution is 2.45. The van der Waals surface area contributed by atoms with Crippen LogP contribution in [-0.4, -0.2) is 48.6 Å². The zero-order valence-corrected chi connectivity index (χ0v) is 17.6. The highest BCUT2D eigenvalue weighted by Gasteiger charge is 2.44. The van der Waals surface area contributed by atoms with Gasteiger partial charge in [0.15, 0.2) is 11.5 Å². The molecule has 0 spiro atoms. The van der Waals surface area contributed by atoms with Crippen LogP contribution in [0, 0.1) is 11.3 Å². The molecule has 0 aromatic heterocycles. The Bertz CT molecular complexity index is 725. The van der Waals surface area contributed by atoms with E-state index in [1.54, 1.807) is 7.11 Å². The fourth-order valence-corrected chi connectivity index (χ4v) is 4.85. The van der Waals surface area contributed by atoms with Gasteiger partial charge in [0.25, 0.3) is 0 Å². The summed E-state index contributed by atoms with van der Waals surface area (Å²) in [5, 5.41) is 10.8. The van der Waals surface area contributed by atoms with Gasteiger partial charge in [0, 0.05) is 19.1 Å². The van der Waals surface area contributed by atoms with Crippen LogP contribution in [0.3, 0.4) is 0 Å². The van der Waals surface area contributed by atoms with E-state index in [1.807, 2.05) is 6.07 Å². The van der Waals surface area contributed by atoms with E-state index in [2.05, 4.69) is 31.7 Å². The molecule has 1 aromatic carbocycles. The van der Waals surface area contributed by atoms with Gasteiger partial charge in [-0.3, -0.25) is 4.90 Å². The standard InChI is InChI=1S/C23H34FNO3/c1-22(2,3)12-16-13-25-8-5-15-9-21(28-14-23(24)6-7-23)20(27-4)10-17(15)18(25)11-19(16)26/h9-10,16,18-19,26H,5-8,11-14H2,1-4H3. The zero-order valence-electron chi connectivity index (χ0n) is 17.6. The lowest BCUT2D eigenvalue weighted by atomic mass is 9.75. The number of hydrogen-bond donors (Lipinski definition) is 1. The van der Waals surface area contributed by atoms with Gasteiger partial charge >= 0.3 is 0 Å². The minimum absolute atomic E-state index is 0.102. The van der Waals surface area contributed by atoms with Gasteiger partial charge in [0.2, 0.25) is 0 Å². The Kier molecular flexibility index (Phi) is 5.11. The summed E-state index contributed by atoms with van der Waals surface area (Å²) in [6.07, 6.45) is 3.63. The van der Waals surface area contributed by atoms with Crippen molar-refractivity contribution in [2.75, 3.05) is 26.8 Å². The summed E-state index contributed by atoms with van der Waals surface area (Å²) < 4.78 is 25.3. The number of piperidine rings is 1. The molecular weight excluding hydrogens is 357 g/mol. The SMILES string of the molecule is COc1cc2c(cc1OCC1(F)CC1)CCN1CC(CC(C)(C)C)C(O)CC21. The van der Waals surface area contributed by atoms with E-state index in [-0.39, 0.29) is 24.2 Å². The molecule has 0 bridgehead atoms. The van der Waals surface area contributed by atoms with E-state index >= 15 is 0 Å². The summed E-state index contributed by atoms with van der Waals surface area (Å²) in [6.45, 7) is 8.76. The second kappa shape index (κ2) is 7.17. The lowest BCUT2D eigenvalue weighted by Crippen LogP contribution is -2.48. The smallest absolute Gasteiger partial charge is 0.161 e. The molecule has 4 nitrogen and oxygen atoms in total. The number of benzene rings is 1.